The molecule has 33 heavy (non-hydrogen) atoms. The summed E-state index contributed by atoms with van der Waals surface area (Å²) in [6.07, 6.45) is 2.26. The van der Waals surface area contributed by atoms with Gasteiger partial charge in [-0.15, -0.1) is 11.3 Å². The fraction of sp³-hybridized carbons (Fsp3) is 0.217. The third kappa shape index (κ3) is 3.96. The molecular formula is C23H19N3O5S2. The lowest BCUT2D eigenvalue weighted by molar-refractivity contribution is -0.120. The Kier molecular flexibility index (Phi) is 5.77. The summed E-state index contributed by atoms with van der Waals surface area (Å²) in [5.41, 5.74) is 2.15. The summed E-state index contributed by atoms with van der Waals surface area (Å²) >= 11 is 2.82. The van der Waals surface area contributed by atoms with Crippen LogP contribution in [-0.2, 0) is 4.79 Å². The Morgan fingerprint density at radius 2 is 1.88 bits per heavy atom. The molecular weight excluding hydrogens is 462 g/mol. The van der Waals surface area contributed by atoms with E-state index in [1.807, 2.05) is 29.8 Å². The summed E-state index contributed by atoms with van der Waals surface area (Å²) in [6, 6.07) is 11.2. The largest absolute Gasteiger partial charge is 0.454 e. The summed E-state index contributed by atoms with van der Waals surface area (Å²) in [6.45, 7) is 0.187. The number of thiazole rings is 1. The van der Waals surface area contributed by atoms with Crippen molar-refractivity contribution < 1.29 is 23.9 Å². The minimum atomic E-state index is -0.928. The SMILES string of the molecule is CSCC[C@H](C(=O)Nc1nc(-c2ccc3c(c2)OCO3)cs1)N1C(=O)c2ccccc2C1=O. The molecule has 1 N–H and O–H groups in total. The first kappa shape index (κ1) is 21.5. The van der Waals surface area contributed by atoms with Crippen LogP contribution in [0.3, 0.4) is 0 Å². The zero-order valence-corrected chi connectivity index (χ0v) is 19.2. The Labute approximate surface area is 197 Å². The maximum Gasteiger partial charge on any atom is 0.262 e. The Bertz CT molecular complexity index is 1220. The molecule has 2 aliphatic rings. The molecule has 0 saturated heterocycles. The van der Waals surface area contributed by atoms with E-state index in [0.29, 0.717) is 45.6 Å². The van der Waals surface area contributed by atoms with Crippen LogP contribution in [0.2, 0.25) is 0 Å². The lowest BCUT2D eigenvalue weighted by Crippen LogP contribution is -2.47. The highest BCUT2D eigenvalue weighted by atomic mass is 32.2. The minimum absolute atomic E-state index is 0.187. The van der Waals surface area contributed by atoms with Gasteiger partial charge in [0.2, 0.25) is 12.7 Å². The number of thioether (sulfide) groups is 1. The number of anilines is 1. The van der Waals surface area contributed by atoms with Gasteiger partial charge in [-0.2, -0.15) is 11.8 Å². The van der Waals surface area contributed by atoms with Gasteiger partial charge in [0.05, 0.1) is 16.8 Å². The summed E-state index contributed by atoms with van der Waals surface area (Å²) in [4.78, 5) is 44.7. The van der Waals surface area contributed by atoms with Crippen molar-refractivity contribution in [2.24, 2.45) is 0 Å². The number of hydrogen-bond donors (Lipinski definition) is 1. The number of rotatable bonds is 7. The lowest BCUT2D eigenvalue weighted by Gasteiger charge is -2.24. The van der Waals surface area contributed by atoms with Crippen molar-refractivity contribution in [2.45, 2.75) is 12.5 Å². The van der Waals surface area contributed by atoms with Crippen LogP contribution in [0.5, 0.6) is 11.5 Å². The molecule has 10 heteroatoms. The standard InChI is InChI=1S/C23H19N3O5S2/c1-32-9-8-17(26-21(28)14-4-2-3-5-15(14)22(26)29)20(27)25-23-24-16(11-33-23)13-6-7-18-19(10-13)31-12-30-18/h2-7,10-11,17H,8-9,12H2,1H3,(H,24,25,27)/t17-/m1/s1. The molecule has 3 heterocycles. The van der Waals surface area contributed by atoms with E-state index in [1.54, 1.807) is 36.0 Å². The maximum absolute atomic E-state index is 13.2. The Hall–Kier alpha value is -3.37. The smallest absolute Gasteiger partial charge is 0.262 e. The zero-order chi connectivity index (χ0) is 22.9. The molecule has 0 spiro atoms. The van der Waals surface area contributed by atoms with Gasteiger partial charge in [0.25, 0.3) is 11.8 Å². The topological polar surface area (TPSA) is 97.8 Å². The molecule has 0 aliphatic carbocycles. The van der Waals surface area contributed by atoms with E-state index in [9.17, 15) is 14.4 Å². The van der Waals surface area contributed by atoms with Crippen molar-refractivity contribution in [3.8, 4) is 22.8 Å². The summed E-state index contributed by atoms with van der Waals surface area (Å²) in [7, 11) is 0. The molecule has 8 nitrogen and oxygen atoms in total. The van der Waals surface area contributed by atoms with Crippen molar-refractivity contribution in [3.05, 3.63) is 59.0 Å². The fourth-order valence-electron chi connectivity index (χ4n) is 3.81. The van der Waals surface area contributed by atoms with Crippen LogP contribution in [0.1, 0.15) is 27.1 Å². The van der Waals surface area contributed by atoms with Crippen LogP contribution in [0.4, 0.5) is 5.13 Å². The molecule has 0 unspecified atom stereocenters. The summed E-state index contributed by atoms with van der Waals surface area (Å²) < 4.78 is 10.8. The van der Waals surface area contributed by atoms with Gasteiger partial charge in [0.1, 0.15) is 6.04 Å². The van der Waals surface area contributed by atoms with Gasteiger partial charge >= 0.3 is 0 Å². The van der Waals surface area contributed by atoms with E-state index in [2.05, 4.69) is 10.3 Å². The monoisotopic (exact) mass is 481 g/mol. The molecule has 5 rings (SSSR count). The van der Waals surface area contributed by atoms with Crippen LogP contribution >= 0.6 is 23.1 Å². The Balaban J connectivity index is 1.36. The van der Waals surface area contributed by atoms with Gasteiger partial charge in [0.15, 0.2) is 16.6 Å². The third-order valence-electron chi connectivity index (χ3n) is 5.44. The first-order valence-electron chi connectivity index (χ1n) is 10.2. The second-order valence-corrected chi connectivity index (χ2v) is 9.26. The molecule has 0 fully saturated rings. The number of fused-ring (bicyclic) bond motifs is 2. The molecule has 3 aromatic rings. The highest BCUT2D eigenvalue weighted by molar-refractivity contribution is 7.98. The van der Waals surface area contributed by atoms with Crippen molar-refractivity contribution in [2.75, 3.05) is 24.1 Å². The van der Waals surface area contributed by atoms with Crippen molar-refractivity contribution >= 4 is 46.0 Å². The van der Waals surface area contributed by atoms with Crippen molar-refractivity contribution in [3.63, 3.8) is 0 Å². The van der Waals surface area contributed by atoms with E-state index in [1.165, 1.54) is 11.3 Å². The normalized spacial score (nSPS) is 15.0. The molecule has 0 bridgehead atoms. The first-order valence-corrected chi connectivity index (χ1v) is 12.5. The zero-order valence-electron chi connectivity index (χ0n) is 17.6. The number of carbonyl (C=O) groups excluding carboxylic acids is 3. The Morgan fingerprint density at radius 3 is 2.61 bits per heavy atom. The van der Waals surface area contributed by atoms with Crippen molar-refractivity contribution in [1.29, 1.82) is 0 Å². The van der Waals surface area contributed by atoms with Crippen molar-refractivity contribution in [1.82, 2.24) is 9.88 Å². The van der Waals surface area contributed by atoms with Gasteiger partial charge in [-0.05, 0) is 48.8 Å². The fourth-order valence-corrected chi connectivity index (χ4v) is 4.99. The molecule has 1 atom stereocenters. The van der Waals surface area contributed by atoms with Gasteiger partial charge < -0.3 is 14.8 Å². The Morgan fingerprint density at radius 1 is 1.15 bits per heavy atom. The van der Waals surface area contributed by atoms with Crippen LogP contribution in [0.25, 0.3) is 11.3 Å². The molecule has 3 amide bonds. The number of nitrogens with zero attached hydrogens (tertiary/aromatic N) is 2. The van der Waals surface area contributed by atoms with Crippen LogP contribution < -0.4 is 14.8 Å². The van der Waals surface area contributed by atoms with Gasteiger partial charge in [-0.3, -0.25) is 19.3 Å². The second kappa shape index (κ2) is 8.87. The molecule has 2 aromatic carbocycles. The quantitative estimate of drug-likeness (QED) is 0.511. The highest BCUT2D eigenvalue weighted by Gasteiger charge is 2.42. The number of carbonyl (C=O) groups is 3. The molecule has 168 valence electrons. The summed E-state index contributed by atoms with van der Waals surface area (Å²) in [5.74, 6) is 0.611. The van der Waals surface area contributed by atoms with E-state index in [4.69, 9.17) is 9.47 Å². The van der Waals surface area contributed by atoms with Crippen LogP contribution in [0, 0.1) is 0 Å². The third-order valence-corrected chi connectivity index (χ3v) is 6.84. The average Bonchev–Trinajstić information content (AvgIpc) is 3.54. The predicted octanol–water partition coefficient (Wildman–Crippen LogP) is 3.90. The van der Waals surface area contributed by atoms with Gasteiger partial charge in [-0.25, -0.2) is 4.98 Å². The van der Waals surface area contributed by atoms with E-state index in [0.717, 1.165) is 10.5 Å². The first-order chi connectivity index (χ1) is 16.1. The predicted molar refractivity (Wildman–Crippen MR) is 126 cm³/mol. The van der Waals surface area contributed by atoms with Crippen LogP contribution in [-0.4, -0.2) is 52.4 Å². The average molecular weight is 482 g/mol. The molecule has 0 saturated carbocycles. The van der Waals surface area contributed by atoms with E-state index >= 15 is 0 Å². The molecule has 1 aromatic heterocycles. The number of imide groups is 1. The van der Waals surface area contributed by atoms with E-state index in [-0.39, 0.29) is 6.79 Å². The number of amides is 3. The van der Waals surface area contributed by atoms with E-state index < -0.39 is 23.8 Å². The number of aromatic nitrogens is 1. The molecule has 0 radical (unpaired) electrons. The lowest BCUT2D eigenvalue weighted by atomic mass is 10.1. The minimum Gasteiger partial charge on any atom is -0.454 e. The number of ether oxygens (including phenoxy) is 2. The number of hydrogen-bond acceptors (Lipinski definition) is 8. The van der Waals surface area contributed by atoms with Crippen LogP contribution in [0.15, 0.2) is 47.8 Å². The number of benzene rings is 2. The maximum atomic E-state index is 13.2. The van der Waals surface area contributed by atoms with Gasteiger partial charge in [0, 0.05) is 10.9 Å². The van der Waals surface area contributed by atoms with Gasteiger partial charge in [-0.1, -0.05) is 12.1 Å². The number of nitrogens with one attached hydrogen (secondary N) is 1. The molecule has 2 aliphatic heterocycles. The summed E-state index contributed by atoms with van der Waals surface area (Å²) in [5, 5.41) is 5.01. The highest BCUT2D eigenvalue weighted by Crippen LogP contribution is 2.36. The second-order valence-electron chi connectivity index (χ2n) is 7.42.